The van der Waals surface area contributed by atoms with E-state index in [0.717, 1.165) is 5.56 Å². The Balaban J connectivity index is 2.22. The maximum absolute atomic E-state index is 13.8. The first kappa shape index (κ1) is 14.8. The van der Waals surface area contributed by atoms with E-state index in [1.54, 1.807) is 0 Å². The second kappa shape index (κ2) is 6.24. The summed E-state index contributed by atoms with van der Waals surface area (Å²) in [5.74, 6) is -0.926. The Labute approximate surface area is 125 Å². The van der Waals surface area contributed by atoms with E-state index in [2.05, 4.69) is 10.1 Å². The summed E-state index contributed by atoms with van der Waals surface area (Å²) in [5.41, 5.74) is 1.51. The van der Waals surface area contributed by atoms with Crippen molar-refractivity contribution < 1.29 is 13.9 Å². The number of ether oxygens (including phenoxy) is 1. The number of methoxy groups -OCH3 is 1. The van der Waals surface area contributed by atoms with Gasteiger partial charge in [0.15, 0.2) is 0 Å². The number of benzene rings is 1. The third kappa shape index (κ3) is 3.29. The van der Waals surface area contributed by atoms with Gasteiger partial charge in [0.25, 0.3) is 0 Å². The quantitative estimate of drug-likeness (QED) is 0.845. The van der Waals surface area contributed by atoms with Crippen molar-refractivity contribution in [2.45, 2.75) is 13.0 Å². The molecule has 1 N–H and O–H groups in total. The Bertz CT molecular complexity index is 629. The van der Waals surface area contributed by atoms with Crippen LogP contribution < -0.4 is 5.32 Å². The first-order chi connectivity index (χ1) is 9.51. The minimum atomic E-state index is -0.501. The van der Waals surface area contributed by atoms with Crippen LogP contribution in [0.15, 0.2) is 29.6 Å². The van der Waals surface area contributed by atoms with E-state index in [9.17, 15) is 9.18 Å². The monoisotopic (exact) mass is 313 g/mol. The number of carbonyl (C=O) groups excluding carboxylic acids is 1. The van der Waals surface area contributed by atoms with E-state index in [4.69, 9.17) is 11.6 Å². The van der Waals surface area contributed by atoms with Crippen LogP contribution in [0.2, 0.25) is 4.34 Å². The molecule has 1 atom stereocenters. The van der Waals surface area contributed by atoms with Crippen molar-refractivity contribution in [2.24, 2.45) is 0 Å². The van der Waals surface area contributed by atoms with Crippen LogP contribution in [0.3, 0.4) is 0 Å². The molecule has 1 heterocycles. The molecule has 0 bridgehead atoms. The standard InChI is InChI=1S/C14H13ClFNO2S/c1-8(10-6-13(15)20-7-10)17-12-5-9(14(18)19-2)3-4-11(12)16/h3-8,17H,1-2H3. The summed E-state index contributed by atoms with van der Waals surface area (Å²) in [6, 6.07) is 5.76. The first-order valence-electron chi connectivity index (χ1n) is 5.89. The zero-order valence-electron chi connectivity index (χ0n) is 10.9. The fraction of sp³-hybridized carbons (Fsp3) is 0.214. The molecule has 0 spiro atoms. The topological polar surface area (TPSA) is 38.3 Å². The molecule has 0 amide bonds. The number of anilines is 1. The van der Waals surface area contributed by atoms with Gasteiger partial charge in [-0.3, -0.25) is 0 Å². The number of thiophene rings is 1. The molecule has 0 saturated heterocycles. The van der Waals surface area contributed by atoms with Gasteiger partial charge in [-0.25, -0.2) is 9.18 Å². The first-order valence-corrected chi connectivity index (χ1v) is 7.15. The second-order valence-electron chi connectivity index (χ2n) is 4.24. The van der Waals surface area contributed by atoms with E-state index in [1.165, 1.54) is 36.6 Å². The van der Waals surface area contributed by atoms with Gasteiger partial charge in [0.2, 0.25) is 0 Å². The highest BCUT2D eigenvalue weighted by atomic mass is 35.5. The summed E-state index contributed by atoms with van der Waals surface area (Å²) in [5, 5.41) is 4.93. The molecule has 0 aliphatic carbocycles. The molecule has 106 valence electrons. The van der Waals surface area contributed by atoms with Crippen LogP contribution in [-0.4, -0.2) is 13.1 Å². The van der Waals surface area contributed by atoms with Crippen molar-refractivity contribution >= 4 is 34.6 Å². The predicted molar refractivity (Wildman–Crippen MR) is 79.1 cm³/mol. The molecule has 0 saturated carbocycles. The number of nitrogens with one attached hydrogen (secondary N) is 1. The summed E-state index contributed by atoms with van der Waals surface area (Å²) in [6.07, 6.45) is 0. The van der Waals surface area contributed by atoms with Gasteiger partial charge in [-0.2, -0.15) is 0 Å². The number of carbonyl (C=O) groups is 1. The van der Waals surface area contributed by atoms with Crippen LogP contribution in [0.4, 0.5) is 10.1 Å². The zero-order valence-corrected chi connectivity index (χ0v) is 12.5. The number of rotatable bonds is 4. The molecule has 1 unspecified atom stereocenters. The number of hydrogen-bond donors (Lipinski definition) is 1. The van der Waals surface area contributed by atoms with Crippen LogP contribution in [0.5, 0.6) is 0 Å². The predicted octanol–water partition coefficient (Wildman–Crippen LogP) is 4.50. The fourth-order valence-corrected chi connectivity index (χ4v) is 2.73. The van der Waals surface area contributed by atoms with E-state index in [0.29, 0.717) is 9.90 Å². The lowest BCUT2D eigenvalue weighted by molar-refractivity contribution is 0.0600. The Hall–Kier alpha value is -1.59. The molecule has 1 aromatic heterocycles. The molecule has 6 heteroatoms. The van der Waals surface area contributed by atoms with E-state index in [-0.39, 0.29) is 11.7 Å². The largest absolute Gasteiger partial charge is 0.465 e. The van der Waals surface area contributed by atoms with E-state index >= 15 is 0 Å². The Morgan fingerprint density at radius 2 is 2.20 bits per heavy atom. The van der Waals surface area contributed by atoms with Crippen molar-refractivity contribution in [3.63, 3.8) is 0 Å². The highest BCUT2D eigenvalue weighted by molar-refractivity contribution is 7.14. The minimum Gasteiger partial charge on any atom is -0.465 e. The molecular formula is C14H13ClFNO2S. The van der Waals surface area contributed by atoms with Crippen LogP contribution in [-0.2, 0) is 4.74 Å². The van der Waals surface area contributed by atoms with Gasteiger partial charge in [-0.1, -0.05) is 11.6 Å². The summed E-state index contributed by atoms with van der Waals surface area (Å²) in [6.45, 7) is 1.89. The zero-order chi connectivity index (χ0) is 14.7. The Morgan fingerprint density at radius 1 is 1.45 bits per heavy atom. The SMILES string of the molecule is COC(=O)c1ccc(F)c(NC(C)c2csc(Cl)c2)c1. The van der Waals surface area contributed by atoms with E-state index in [1.807, 2.05) is 18.4 Å². The maximum Gasteiger partial charge on any atom is 0.337 e. The van der Waals surface area contributed by atoms with Gasteiger partial charge in [0.05, 0.1) is 22.7 Å². The lowest BCUT2D eigenvalue weighted by atomic mass is 10.1. The van der Waals surface area contributed by atoms with Gasteiger partial charge in [0, 0.05) is 6.04 Å². The minimum absolute atomic E-state index is 0.124. The fourth-order valence-electron chi connectivity index (χ4n) is 1.75. The highest BCUT2D eigenvalue weighted by Crippen LogP contribution is 2.28. The molecule has 0 radical (unpaired) electrons. The van der Waals surface area contributed by atoms with Gasteiger partial charge >= 0.3 is 5.97 Å². The van der Waals surface area contributed by atoms with Crippen molar-refractivity contribution in [3.8, 4) is 0 Å². The van der Waals surface area contributed by atoms with Crippen molar-refractivity contribution in [2.75, 3.05) is 12.4 Å². The smallest absolute Gasteiger partial charge is 0.337 e. The van der Waals surface area contributed by atoms with Crippen molar-refractivity contribution in [1.82, 2.24) is 0 Å². The summed E-state index contributed by atoms with van der Waals surface area (Å²) >= 11 is 7.30. The van der Waals surface area contributed by atoms with Gasteiger partial charge < -0.3 is 10.1 Å². The molecule has 0 aliphatic rings. The normalized spacial score (nSPS) is 12.0. The maximum atomic E-state index is 13.8. The van der Waals surface area contributed by atoms with Crippen LogP contribution in [0.25, 0.3) is 0 Å². The average molecular weight is 314 g/mol. The van der Waals surface area contributed by atoms with Gasteiger partial charge in [-0.05, 0) is 42.1 Å². The summed E-state index contributed by atoms with van der Waals surface area (Å²) < 4.78 is 19.1. The molecular weight excluding hydrogens is 301 g/mol. The molecule has 2 rings (SSSR count). The average Bonchev–Trinajstić information content (AvgIpc) is 2.87. The lowest BCUT2D eigenvalue weighted by Gasteiger charge is -2.15. The molecule has 0 fully saturated rings. The molecule has 20 heavy (non-hydrogen) atoms. The summed E-state index contributed by atoms with van der Waals surface area (Å²) in [4.78, 5) is 11.4. The van der Waals surface area contributed by atoms with Crippen molar-refractivity contribution in [1.29, 1.82) is 0 Å². The lowest BCUT2D eigenvalue weighted by Crippen LogP contribution is -2.09. The highest BCUT2D eigenvalue weighted by Gasteiger charge is 2.13. The Morgan fingerprint density at radius 3 is 2.80 bits per heavy atom. The van der Waals surface area contributed by atoms with Crippen LogP contribution in [0, 0.1) is 5.82 Å². The third-order valence-electron chi connectivity index (χ3n) is 2.85. The van der Waals surface area contributed by atoms with E-state index < -0.39 is 11.8 Å². The summed E-state index contributed by atoms with van der Waals surface area (Å²) in [7, 11) is 1.29. The van der Waals surface area contributed by atoms with Gasteiger partial charge in [-0.15, -0.1) is 11.3 Å². The van der Waals surface area contributed by atoms with Crippen molar-refractivity contribution in [3.05, 3.63) is 50.9 Å². The second-order valence-corrected chi connectivity index (χ2v) is 5.78. The number of halogens is 2. The van der Waals surface area contributed by atoms with Crippen LogP contribution >= 0.6 is 22.9 Å². The molecule has 0 aliphatic heterocycles. The molecule has 1 aromatic carbocycles. The van der Waals surface area contributed by atoms with Gasteiger partial charge in [0.1, 0.15) is 5.82 Å². The van der Waals surface area contributed by atoms with Crippen LogP contribution in [0.1, 0.15) is 28.9 Å². The molecule has 3 nitrogen and oxygen atoms in total. The molecule has 2 aromatic rings. The number of esters is 1. The Kier molecular flexibility index (Phi) is 4.62. The number of hydrogen-bond acceptors (Lipinski definition) is 4. The third-order valence-corrected chi connectivity index (χ3v) is 3.96.